The predicted molar refractivity (Wildman–Crippen MR) is 47.6 cm³/mol. The summed E-state index contributed by atoms with van der Waals surface area (Å²) in [6.07, 6.45) is 0.881. The summed E-state index contributed by atoms with van der Waals surface area (Å²) in [6.45, 7) is 1.10. The Morgan fingerprint density at radius 3 is 2.47 bits per heavy atom. The van der Waals surface area contributed by atoms with Crippen LogP contribution in [0.5, 0.6) is 0 Å². The average molecular weight is 217 g/mol. The van der Waals surface area contributed by atoms with E-state index in [4.69, 9.17) is 4.74 Å². The van der Waals surface area contributed by atoms with Gasteiger partial charge in [0.05, 0.1) is 12.5 Å². The van der Waals surface area contributed by atoms with E-state index in [0.29, 0.717) is 13.0 Å². The third-order valence-electron chi connectivity index (χ3n) is 4.30. The number of nitrogens with zero attached hydrogens (tertiary/aromatic N) is 1. The summed E-state index contributed by atoms with van der Waals surface area (Å²) in [5.41, 5.74) is -1.63. The van der Waals surface area contributed by atoms with Gasteiger partial charge >= 0.3 is 5.97 Å². The Balaban J connectivity index is 1.87. The molecule has 1 spiro atoms. The topological polar surface area (TPSA) is 29.5 Å². The standard InChI is InChI=1S/C10H13F2NO2/c1-15-7(14)9-2-3-13(9)6-8(4-9)5-10(8,11)12/h2-6H2,1H3/t8-,9?/m1/s1. The largest absolute Gasteiger partial charge is 0.468 e. The van der Waals surface area contributed by atoms with Crippen molar-refractivity contribution in [3.63, 3.8) is 0 Å². The molecule has 3 fully saturated rings. The molecule has 1 unspecified atom stereocenters. The lowest BCUT2D eigenvalue weighted by molar-refractivity contribution is -0.161. The number of ether oxygens (including phenoxy) is 1. The fourth-order valence-electron chi connectivity index (χ4n) is 3.19. The summed E-state index contributed by atoms with van der Waals surface area (Å²) < 4.78 is 31.2. The van der Waals surface area contributed by atoms with Crippen molar-refractivity contribution < 1.29 is 18.3 Å². The van der Waals surface area contributed by atoms with Crippen LogP contribution in [0.4, 0.5) is 8.78 Å². The molecule has 0 aromatic carbocycles. The molecule has 0 N–H and O–H groups in total. The first-order valence-corrected chi connectivity index (χ1v) is 5.17. The Morgan fingerprint density at radius 2 is 2.07 bits per heavy atom. The van der Waals surface area contributed by atoms with Gasteiger partial charge in [-0.15, -0.1) is 0 Å². The fourth-order valence-corrected chi connectivity index (χ4v) is 3.19. The van der Waals surface area contributed by atoms with Crippen LogP contribution in [-0.2, 0) is 9.53 Å². The molecule has 15 heavy (non-hydrogen) atoms. The highest BCUT2D eigenvalue weighted by atomic mass is 19.3. The van der Waals surface area contributed by atoms with E-state index in [1.807, 2.05) is 4.90 Å². The maximum atomic E-state index is 13.2. The van der Waals surface area contributed by atoms with Gasteiger partial charge in [0.15, 0.2) is 0 Å². The molecule has 2 saturated heterocycles. The molecule has 3 aliphatic rings. The first kappa shape index (κ1) is 9.51. The van der Waals surface area contributed by atoms with E-state index >= 15 is 0 Å². The van der Waals surface area contributed by atoms with Gasteiger partial charge in [0, 0.05) is 19.5 Å². The minimum Gasteiger partial charge on any atom is -0.468 e. The minimum atomic E-state index is -2.56. The molecule has 1 saturated carbocycles. The van der Waals surface area contributed by atoms with E-state index in [2.05, 4.69) is 0 Å². The molecule has 3 rings (SSSR count). The molecule has 0 aromatic heterocycles. The van der Waals surface area contributed by atoms with Crippen LogP contribution in [0.25, 0.3) is 0 Å². The molecule has 1 aliphatic carbocycles. The molecular weight excluding hydrogens is 204 g/mol. The van der Waals surface area contributed by atoms with Crippen molar-refractivity contribution in [2.24, 2.45) is 5.41 Å². The highest BCUT2D eigenvalue weighted by Gasteiger charge is 2.79. The Hall–Kier alpha value is -0.710. The number of carbonyl (C=O) groups excluding carboxylic acids is 1. The van der Waals surface area contributed by atoms with Gasteiger partial charge < -0.3 is 4.74 Å². The average Bonchev–Trinajstić information content (AvgIpc) is 2.61. The van der Waals surface area contributed by atoms with Crippen molar-refractivity contribution in [2.45, 2.75) is 30.7 Å². The number of hydrogen-bond acceptors (Lipinski definition) is 3. The van der Waals surface area contributed by atoms with Crippen LogP contribution in [0.3, 0.4) is 0 Å². The highest BCUT2D eigenvalue weighted by Crippen LogP contribution is 2.70. The molecule has 2 aliphatic heterocycles. The number of fused-ring (bicyclic) bond motifs is 1. The summed E-state index contributed by atoms with van der Waals surface area (Å²) in [4.78, 5) is 13.5. The Labute approximate surface area is 86.4 Å². The number of halogens is 2. The molecule has 2 atom stereocenters. The van der Waals surface area contributed by atoms with Crippen molar-refractivity contribution in [1.29, 1.82) is 0 Å². The number of esters is 1. The molecule has 84 valence electrons. The lowest BCUT2D eigenvalue weighted by Crippen LogP contribution is -2.61. The van der Waals surface area contributed by atoms with Crippen LogP contribution >= 0.6 is 0 Å². The summed E-state index contributed by atoms with van der Waals surface area (Å²) in [7, 11) is 1.32. The second-order valence-electron chi connectivity index (χ2n) is 5.03. The normalized spacial score (nSPS) is 46.1. The van der Waals surface area contributed by atoms with E-state index in [1.54, 1.807) is 0 Å². The number of hydrogen-bond donors (Lipinski definition) is 0. The molecule has 2 heterocycles. The van der Waals surface area contributed by atoms with Gasteiger partial charge in [-0.1, -0.05) is 0 Å². The Morgan fingerprint density at radius 1 is 1.40 bits per heavy atom. The monoisotopic (exact) mass is 217 g/mol. The second-order valence-corrected chi connectivity index (χ2v) is 5.03. The van der Waals surface area contributed by atoms with Gasteiger partial charge in [-0.2, -0.15) is 0 Å². The smallest absolute Gasteiger partial charge is 0.326 e. The highest BCUT2D eigenvalue weighted by molar-refractivity contribution is 5.83. The minimum absolute atomic E-state index is 0.0603. The zero-order valence-corrected chi connectivity index (χ0v) is 8.56. The molecule has 0 aromatic rings. The quantitative estimate of drug-likeness (QED) is 0.614. The van der Waals surface area contributed by atoms with Gasteiger partial charge in [0.25, 0.3) is 5.92 Å². The molecule has 3 nitrogen and oxygen atoms in total. The maximum absolute atomic E-state index is 13.2. The summed E-state index contributed by atoms with van der Waals surface area (Å²) in [5.74, 6) is -2.90. The predicted octanol–water partition coefficient (Wildman–Crippen LogP) is 1.03. The lowest BCUT2D eigenvalue weighted by Gasteiger charge is -2.45. The van der Waals surface area contributed by atoms with Gasteiger partial charge in [0.1, 0.15) is 5.54 Å². The zero-order valence-electron chi connectivity index (χ0n) is 8.56. The number of carbonyl (C=O) groups is 1. The van der Waals surface area contributed by atoms with Gasteiger partial charge in [0.2, 0.25) is 0 Å². The molecule has 0 amide bonds. The number of alkyl halides is 2. The molecule has 0 bridgehead atoms. The Bertz CT molecular complexity index is 346. The maximum Gasteiger partial charge on any atom is 0.326 e. The van der Waals surface area contributed by atoms with E-state index in [-0.39, 0.29) is 18.8 Å². The third kappa shape index (κ3) is 0.904. The van der Waals surface area contributed by atoms with E-state index in [1.165, 1.54) is 7.11 Å². The van der Waals surface area contributed by atoms with Gasteiger partial charge in [-0.25, -0.2) is 8.78 Å². The van der Waals surface area contributed by atoms with E-state index < -0.39 is 16.9 Å². The van der Waals surface area contributed by atoms with Crippen LogP contribution in [0.1, 0.15) is 19.3 Å². The van der Waals surface area contributed by atoms with Crippen molar-refractivity contribution in [2.75, 3.05) is 20.2 Å². The second kappa shape index (κ2) is 2.34. The van der Waals surface area contributed by atoms with E-state index in [9.17, 15) is 13.6 Å². The third-order valence-corrected chi connectivity index (χ3v) is 4.30. The summed E-state index contributed by atoms with van der Waals surface area (Å²) >= 11 is 0. The number of methoxy groups -OCH3 is 1. The van der Waals surface area contributed by atoms with Crippen molar-refractivity contribution in [1.82, 2.24) is 4.90 Å². The zero-order chi connectivity index (χ0) is 10.9. The van der Waals surface area contributed by atoms with Crippen LogP contribution in [-0.4, -0.2) is 42.5 Å². The van der Waals surface area contributed by atoms with Crippen molar-refractivity contribution >= 4 is 5.97 Å². The Kier molecular flexibility index (Phi) is 1.48. The first-order chi connectivity index (χ1) is 6.96. The fraction of sp³-hybridized carbons (Fsp3) is 0.900. The summed E-state index contributed by atoms with van der Waals surface area (Å²) in [5, 5.41) is 0. The number of rotatable bonds is 1. The molecule has 0 radical (unpaired) electrons. The SMILES string of the molecule is COC(=O)C12CCN1C[C@@]1(C2)CC1(F)F. The van der Waals surface area contributed by atoms with Crippen LogP contribution in [0.2, 0.25) is 0 Å². The van der Waals surface area contributed by atoms with Crippen molar-refractivity contribution in [3.05, 3.63) is 0 Å². The molecular formula is C10H13F2NO2. The van der Waals surface area contributed by atoms with Crippen LogP contribution in [0, 0.1) is 5.41 Å². The van der Waals surface area contributed by atoms with E-state index in [0.717, 1.165) is 6.54 Å². The first-order valence-electron chi connectivity index (χ1n) is 5.17. The van der Waals surface area contributed by atoms with Gasteiger partial charge in [-0.3, -0.25) is 9.69 Å². The lowest BCUT2D eigenvalue weighted by atomic mass is 9.82. The van der Waals surface area contributed by atoms with Crippen LogP contribution in [0.15, 0.2) is 0 Å². The van der Waals surface area contributed by atoms with Crippen molar-refractivity contribution in [3.8, 4) is 0 Å². The molecule has 5 heteroatoms. The van der Waals surface area contributed by atoms with Gasteiger partial charge in [-0.05, 0) is 12.8 Å². The summed E-state index contributed by atoms with van der Waals surface area (Å²) in [6, 6.07) is 0. The van der Waals surface area contributed by atoms with Crippen LogP contribution < -0.4 is 0 Å².